The minimum atomic E-state index is -1.65. The highest BCUT2D eigenvalue weighted by atomic mass is 28.3. The molecule has 3 aliphatic rings. The number of hydrogen-bond acceptors (Lipinski definition) is 2. The number of fused-ring (bicyclic) bond motifs is 13. The van der Waals surface area contributed by atoms with E-state index < -0.39 is 8.07 Å². The van der Waals surface area contributed by atoms with E-state index >= 15 is 0 Å². The minimum Gasteiger partial charge on any atom is -0.437 e. The summed E-state index contributed by atoms with van der Waals surface area (Å²) in [6.07, 6.45) is 14.5. The largest absolute Gasteiger partial charge is 0.437 e. The Balaban J connectivity index is 1.27. The Morgan fingerprint density at radius 1 is 0.870 bits per heavy atom. The third-order valence-corrected chi connectivity index (χ3v) is 15.4. The number of nitrogens with zero attached hydrogens (tertiary/aromatic N) is 3. The fourth-order valence-electron chi connectivity index (χ4n) is 10.4. The molecule has 1 saturated carbocycles. The quantitative estimate of drug-likeness (QED) is 0.134. The van der Waals surface area contributed by atoms with Crippen LogP contribution in [0.25, 0.3) is 50.3 Å². The number of aromatic nitrogens is 3. The molecule has 2 aliphatic heterocycles. The van der Waals surface area contributed by atoms with Gasteiger partial charge < -0.3 is 4.42 Å². The van der Waals surface area contributed by atoms with Crippen molar-refractivity contribution in [2.24, 2.45) is 5.92 Å². The van der Waals surface area contributed by atoms with Crippen molar-refractivity contribution in [3.8, 4) is 22.5 Å². The molecule has 54 heavy (non-hydrogen) atoms. The van der Waals surface area contributed by atoms with Gasteiger partial charge in [0.15, 0.2) is 29.7 Å². The Labute approximate surface area is 323 Å². The van der Waals surface area contributed by atoms with Crippen molar-refractivity contribution >= 4 is 41.0 Å². The van der Waals surface area contributed by atoms with Crippen LogP contribution < -0.4 is 14.3 Å². The Hall–Kier alpha value is -4.35. The van der Waals surface area contributed by atoms with Gasteiger partial charge in [-0.25, -0.2) is 4.98 Å². The first-order valence-corrected chi connectivity index (χ1v) is 24.2. The second-order valence-electron chi connectivity index (χ2n) is 18.2. The second kappa shape index (κ2) is 13.4. The molecule has 2 aromatic carbocycles. The van der Waals surface area contributed by atoms with Gasteiger partial charge in [0.05, 0.1) is 20.1 Å². The lowest BCUT2D eigenvalue weighted by Crippen LogP contribution is -2.54. The van der Waals surface area contributed by atoms with Gasteiger partial charge in [0.25, 0.3) is 0 Å². The molecular weight excluding hydrogens is 675 g/mol. The van der Waals surface area contributed by atoms with Crippen molar-refractivity contribution in [1.82, 2.24) is 4.98 Å². The Morgan fingerprint density at radius 2 is 1.65 bits per heavy atom. The summed E-state index contributed by atoms with van der Waals surface area (Å²) in [6, 6.07) is 25.9. The minimum absolute atomic E-state index is 0.253. The zero-order valence-corrected chi connectivity index (χ0v) is 34.5. The summed E-state index contributed by atoms with van der Waals surface area (Å²) >= 11 is 0. The van der Waals surface area contributed by atoms with Crippen molar-refractivity contribution in [2.75, 3.05) is 0 Å². The molecule has 0 radical (unpaired) electrons. The van der Waals surface area contributed by atoms with E-state index in [0.29, 0.717) is 17.8 Å². The number of allylic oxidation sites excluding steroid dienone is 1. The van der Waals surface area contributed by atoms with Gasteiger partial charge in [-0.2, -0.15) is 9.13 Å². The van der Waals surface area contributed by atoms with E-state index in [1.807, 2.05) is 6.92 Å². The summed E-state index contributed by atoms with van der Waals surface area (Å²) in [7, 11) is -1.65. The van der Waals surface area contributed by atoms with Crippen LogP contribution in [0.1, 0.15) is 117 Å². The summed E-state index contributed by atoms with van der Waals surface area (Å²) in [5.74, 6) is 2.04. The van der Waals surface area contributed by atoms with E-state index in [-0.39, 0.29) is 6.04 Å². The van der Waals surface area contributed by atoms with Crippen molar-refractivity contribution in [3.05, 3.63) is 114 Å². The highest BCUT2D eigenvalue weighted by Gasteiger charge is 2.44. The van der Waals surface area contributed by atoms with Crippen molar-refractivity contribution in [1.29, 1.82) is 0 Å². The number of aryl methyl sites for hydroxylation is 2. The Morgan fingerprint density at radius 3 is 2.43 bits per heavy atom. The standard InChI is InChI=1S/C49H57N3OSi/c1-30(2)42-28-44-38-17-13-12-16-37(38)39-22-19-35-20-23-40-41-21-18-31(3)50-49(41)53-48(40)47(35)45-27-36(33(5)34-14-10-9-11-15-34)24-25-51(45)32(4)26-43(39)52(44)29-46(42)54(6,7)8/h12-13,16-18,20-21,23-25,27-30,33-34,39,43H,4,9-11,14-15,19,22,26H2,1-3,5-8H3/q+2. The van der Waals surface area contributed by atoms with Crippen LogP contribution in [-0.2, 0) is 6.42 Å². The number of rotatable bonds is 4. The molecule has 0 N–H and O–H groups in total. The molecule has 6 heterocycles. The highest BCUT2D eigenvalue weighted by molar-refractivity contribution is 6.89. The third-order valence-electron chi connectivity index (χ3n) is 13.4. The van der Waals surface area contributed by atoms with Crippen LogP contribution in [0.5, 0.6) is 0 Å². The monoisotopic (exact) mass is 731 g/mol. The first-order chi connectivity index (χ1) is 26.0. The normalized spacial score (nSPS) is 19.6. The first-order valence-electron chi connectivity index (χ1n) is 20.7. The predicted molar refractivity (Wildman–Crippen MR) is 226 cm³/mol. The Kier molecular flexibility index (Phi) is 8.80. The third kappa shape index (κ3) is 5.89. The average molecular weight is 732 g/mol. The SMILES string of the molecule is C=C1CC2C(CCc3ccc4c(oc5nc(C)ccc54)c3-c3cc(C(C)C4CCCCC4)cc[n+]31)c1ccccc1-c1cc(C(C)C)c([Si](C)(C)C)c[n+]12. The summed E-state index contributed by atoms with van der Waals surface area (Å²) < 4.78 is 12.0. The lowest BCUT2D eigenvalue weighted by Gasteiger charge is -2.33. The van der Waals surface area contributed by atoms with E-state index in [0.717, 1.165) is 58.6 Å². The molecule has 3 atom stereocenters. The van der Waals surface area contributed by atoms with Crippen LogP contribution in [-0.4, -0.2) is 13.1 Å². The van der Waals surface area contributed by atoms with Gasteiger partial charge in [0.1, 0.15) is 0 Å². The van der Waals surface area contributed by atoms with Gasteiger partial charge in [-0.3, -0.25) is 0 Å². The maximum Gasteiger partial charge on any atom is 0.227 e. The van der Waals surface area contributed by atoms with Crippen molar-refractivity contribution in [3.63, 3.8) is 0 Å². The fourth-order valence-corrected chi connectivity index (χ4v) is 12.1. The van der Waals surface area contributed by atoms with E-state index in [4.69, 9.17) is 16.0 Å². The zero-order chi connectivity index (χ0) is 37.5. The lowest BCUT2D eigenvalue weighted by atomic mass is 9.76. The predicted octanol–water partition coefficient (Wildman–Crippen LogP) is 11.7. The van der Waals surface area contributed by atoms with Crippen molar-refractivity contribution < 1.29 is 13.6 Å². The lowest BCUT2D eigenvalue weighted by molar-refractivity contribution is -0.719. The zero-order valence-electron chi connectivity index (χ0n) is 33.5. The van der Waals surface area contributed by atoms with Gasteiger partial charge in [-0.1, -0.05) is 90.0 Å². The summed E-state index contributed by atoms with van der Waals surface area (Å²) in [5.41, 5.74) is 14.7. The molecule has 6 aromatic rings. The van der Waals surface area contributed by atoms with Gasteiger partial charge in [-0.15, -0.1) is 0 Å². The smallest absolute Gasteiger partial charge is 0.227 e. The first kappa shape index (κ1) is 35.4. The number of pyridine rings is 3. The van der Waals surface area contributed by atoms with Crippen LogP contribution in [0.15, 0.2) is 90.1 Å². The van der Waals surface area contributed by atoms with Crippen LogP contribution in [0.4, 0.5) is 0 Å². The molecule has 1 fully saturated rings. The molecular formula is C49H57N3OSi+2. The van der Waals surface area contributed by atoms with Gasteiger partial charge >= 0.3 is 0 Å². The molecule has 0 saturated heterocycles. The molecule has 5 heteroatoms. The fraction of sp³-hybridized carbons (Fsp3) is 0.408. The molecule has 9 rings (SSSR count). The average Bonchev–Trinajstić information content (AvgIpc) is 3.53. The maximum atomic E-state index is 6.84. The van der Waals surface area contributed by atoms with E-state index in [2.05, 4.69) is 129 Å². The summed E-state index contributed by atoms with van der Waals surface area (Å²) in [4.78, 5) is 4.87. The molecule has 276 valence electrons. The van der Waals surface area contributed by atoms with E-state index in [1.54, 1.807) is 5.19 Å². The van der Waals surface area contributed by atoms with Crippen LogP contribution in [0.2, 0.25) is 19.6 Å². The summed E-state index contributed by atoms with van der Waals surface area (Å²) in [5, 5.41) is 3.81. The summed E-state index contributed by atoms with van der Waals surface area (Å²) in [6.45, 7) is 21.7. The molecule has 1 aliphatic carbocycles. The van der Waals surface area contributed by atoms with Gasteiger partial charge in [0.2, 0.25) is 17.1 Å². The maximum absolute atomic E-state index is 6.84. The van der Waals surface area contributed by atoms with Gasteiger partial charge in [0, 0.05) is 51.3 Å². The molecule has 3 unspecified atom stereocenters. The number of benzene rings is 2. The van der Waals surface area contributed by atoms with Crippen LogP contribution in [0, 0.1) is 12.8 Å². The second-order valence-corrected chi connectivity index (χ2v) is 23.2. The molecule has 0 amide bonds. The van der Waals surface area contributed by atoms with Crippen molar-refractivity contribution in [2.45, 2.75) is 122 Å². The Bertz CT molecular complexity index is 2440. The van der Waals surface area contributed by atoms with Crippen LogP contribution in [0.3, 0.4) is 0 Å². The topological polar surface area (TPSA) is 33.8 Å². The highest BCUT2D eigenvalue weighted by Crippen LogP contribution is 2.46. The molecule has 4 aromatic heterocycles. The number of hydrogen-bond donors (Lipinski definition) is 0. The molecule has 4 nitrogen and oxygen atoms in total. The van der Waals surface area contributed by atoms with E-state index in [1.165, 1.54) is 76.9 Å². The van der Waals surface area contributed by atoms with Crippen LogP contribution >= 0.6 is 0 Å². The molecule has 0 spiro atoms. The van der Waals surface area contributed by atoms with Gasteiger partial charge in [-0.05, 0) is 97.4 Å². The van der Waals surface area contributed by atoms with E-state index in [9.17, 15) is 0 Å². The number of furan rings is 1. The molecule has 0 bridgehead atoms.